The Morgan fingerprint density at radius 3 is 2.40 bits per heavy atom. The molecule has 0 unspecified atom stereocenters. The second-order valence-corrected chi connectivity index (χ2v) is 0.287. The van der Waals surface area contributed by atoms with Crippen molar-refractivity contribution >= 4 is 5.97 Å². The van der Waals surface area contributed by atoms with E-state index >= 15 is 0 Å². The van der Waals surface area contributed by atoms with Gasteiger partial charge in [0.15, 0.2) is 0 Å². The van der Waals surface area contributed by atoms with Crippen LogP contribution < -0.4 is 74.0 Å². The molecule has 0 aliphatic carbocycles. The third-order valence-electron chi connectivity index (χ3n) is 0. The van der Waals surface area contributed by atoms with Crippen molar-refractivity contribution in [3.8, 4) is 0 Å². The quantitative estimate of drug-likeness (QED) is 0.393. The summed E-state index contributed by atoms with van der Waals surface area (Å²) in [5, 5.41) is 9.35. The van der Waals surface area contributed by atoms with Crippen LogP contribution in [0.25, 0.3) is 0 Å². The molecule has 0 spiro atoms. The monoisotopic (exact) mass is 195 g/mol. The van der Waals surface area contributed by atoms with Crippen LogP contribution in [0, 0.1) is 0 Å². The number of hydrogen-bond donors (Lipinski definition) is 0. The van der Waals surface area contributed by atoms with Gasteiger partial charge < -0.3 is 9.90 Å². The van der Waals surface area contributed by atoms with Crippen LogP contribution in [0.3, 0.4) is 0 Å². The fourth-order valence-electron chi connectivity index (χ4n) is 0. The Morgan fingerprint density at radius 2 is 2.40 bits per heavy atom. The minimum atomic E-state index is -2.94. The summed E-state index contributed by atoms with van der Waals surface area (Å²) in [4.78, 5) is 9.35. The van der Waals surface area contributed by atoms with Gasteiger partial charge in [0, 0.05) is 10.1 Å². The van der Waals surface area contributed by atoms with E-state index in [0.717, 1.165) is 0 Å². The van der Waals surface area contributed by atoms with Crippen molar-refractivity contribution in [2.24, 2.45) is 0 Å². The largest absolute Gasteiger partial charge is 1.00 e. The molecule has 0 saturated heterocycles. The molecule has 0 atom stereocenters. The molecule has 0 aliphatic rings. The first-order valence-electron chi connectivity index (χ1n) is 2.16. The Balaban J connectivity index is 0. The van der Waals surface area contributed by atoms with Crippen molar-refractivity contribution in [1.29, 1.82) is 0 Å². The summed E-state index contributed by atoms with van der Waals surface area (Å²) in [6, 6.07) is 0. The van der Waals surface area contributed by atoms with Gasteiger partial charge in [0.25, 0.3) is 0 Å². The van der Waals surface area contributed by atoms with Crippen molar-refractivity contribution < 1.29 is 82.9 Å². The summed E-state index contributed by atoms with van der Waals surface area (Å²) in [5.41, 5.74) is 0. The molecule has 24 valence electrons. The molecule has 3 heteroatoms. The van der Waals surface area contributed by atoms with Crippen LogP contribution in [0.5, 0.6) is 0 Å². The van der Waals surface area contributed by atoms with E-state index in [1.54, 1.807) is 0 Å². The molecule has 0 radical (unpaired) electrons. The number of carbonyl (C=O) groups is 1. The van der Waals surface area contributed by atoms with Gasteiger partial charge in [-0.3, -0.25) is 0 Å². The smallest absolute Gasteiger partial charge is 0.550 e. The molecular formula is C2H3CsO2. The van der Waals surface area contributed by atoms with Gasteiger partial charge in [-0.25, -0.2) is 0 Å². The fraction of sp³-hybridized carbons (Fsp3) is 0.500. The Bertz CT molecular complexity index is 87.8. The van der Waals surface area contributed by atoms with Crippen LogP contribution in [0.4, 0.5) is 0 Å². The maximum absolute atomic E-state index is 9.35. The summed E-state index contributed by atoms with van der Waals surface area (Å²) in [5.74, 6) is -2.01. The molecule has 0 amide bonds. The summed E-state index contributed by atoms with van der Waals surface area (Å²) < 4.78 is 18.2. The van der Waals surface area contributed by atoms with Gasteiger partial charge in [0.2, 0.25) is 0 Å². The van der Waals surface area contributed by atoms with E-state index < -0.39 is 12.8 Å². The van der Waals surface area contributed by atoms with Crippen molar-refractivity contribution in [3.63, 3.8) is 0 Å². The molecule has 0 aromatic rings. The minimum absolute atomic E-state index is 0. The predicted molar refractivity (Wildman–Crippen MR) is 10.7 cm³/mol. The maximum atomic E-state index is 9.35. The molecule has 0 fully saturated rings. The Hall–Kier alpha value is 1.52. The van der Waals surface area contributed by atoms with E-state index in [1.165, 1.54) is 0 Å². The van der Waals surface area contributed by atoms with Gasteiger partial charge in [0.05, 0.1) is 0 Å². The second kappa shape index (κ2) is 5.52. The first-order chi connectivity index (χ1) is 2.94. The molecule has 0 aromatic heterocycles. The number of carboxylic acids is 1. The molecule has 5 heavy (non-hydrogen) atoms. The van der Waals surface area contributed by atoms with E-state index in [2.05, 4.69) is 0 Å². The Kier molecular flexibility index (Phi) is 3.88. The first kappa shape index (κ1) is 3.51. The summed E-state index contributed by atoms with van der Waals surface area (Å²) >= 11 is 0. The van der Waals surface area contributed by atoms with Crippen molar-refractivity contribution in [3.05, 3.63) is 0 Å². The standard InChI is InChI=1S/C2H4O2.Cs/c1-2(3)4;/h1H3,(H,3,4);/q;+1/p-1/i1D3;. The normalized spacial score (nSPS) is 16.4. The van der Waals surface area contributed by atoms with E-state index in [9.17, 15) is 9.90 Å². The third kappa shape index (κ3) is 29.6. The molecule has 0 heterocycles. The molecule has 2 nitrogen and oxygen atoms in total. The molecule has 0 rings (SSSR count). The number of hydrogen-bond acceptors (Lipinski definition) is 2. The average molecular weight is 195 g/mol. The van der Waals surface area contributed by atoms with Gasteiger partial charge in [-0.2, -0.15) is 0 Å². The Morgan fingerprint density at radius 1 is 2.20 bits per heavy atom. The minimum Gasteiger partial charge on any atom is -0.550 e. The topological polar surface area (TPSA) is 40.1 Å². The summed E-state index contributed by atoms with van der Waals surface area (Å²) in [6.07, 6.45) is 0. The van der Waals surface area contributed by atoms with Crippen molar-refractivity contribution in [1.82, 2.24) is 0 Å². The van der Waals surface area contributed by atoms with E-state index in [-0.39, 0.29) is 68.9 Å². The molecule has 0 N–H and O–H groups in total. The SMILES string of the molecule is [2H]C([2H])([2H])C(=O)[O-].[Cs+]. The van der Waals surface area contributed by atoms with Crippen molar-refractivity contribution in [2.45, 2.75) is 6.85 Å². The Labute approximate surface area is 93.6 Å². The summed E-state index contributed by atoms with van der Waals surface area (Å²) in [7, 11) is 0. The van der Waals surface area contributed by atoms with Crippen LogP contribution in [0.2, 0.25) is 0 Å². The predicted octanol–water partition coefficient (Wildman–Crippen LogP) is -4.24. The fourth-order valence-corrected chi connectivity index (χ4v) is 0. The van der Waals surface area contributed by atoms with Crippen LogP contribution in [0.15, 0.2) is 0 Å². The van der Waals surface area contributed by atoms with Crippen LogP contribution in [-0.2, 0) is 4.79 Å². The molecule has 0 saturated carbocycles. The maximum Gasteiger partial charge on any atom is 1.00 e. The van der Waals surface area contributed by atoms with Gasteiger partial charge in [-0.15, -0.1) is 0 Å². The number of rotatable bonds is 0. The number of carboxylic acid groups (broad SMARTS) is 1. The molecule has 0 aliphatic heterocycles. The zero-order valence-corrected chi connectivity index (χ0v) is 9.10. The van der Waals surface area contributed by atoms with Gasteiger partial charge in [-0.05, 0) is 6.85 Å². The van der Waals surface area contributed by atoms with E-state index in [4.69, 9.17) is 4.11 Å². The van der Waals surface area contributed by atoms with Crippen LogP contribution in [0.1, 0.15) is 11.0 Å². The van der Waals surface area contributed by atoms with Gasteiger partial charge in [0.1, 0.15) is 0 Å². The molecular weight excluding hydrogens is 189 g/mol. The number of aliphatic carboxylic acids is 1. The van der Waals surface area contributed by atoms with Gasteiger partial charge >= 0.3 is 68.9 Å². The molecule has 0 bridgehead atoms. The van der Waals surface area contributed by atoms with Crippen LogP contribution >= 0.6 is 0 Å². The third-order valence-corrected chi connectivity index (χ3v) is 0. The zero-order chi connectivity index (χ0) is 6.08. The summed E-state index contributed by atoms with van der Waals surface area (Å²) in [6.45, 7) is -2.94. The average Bonchev–Trinajstić information content (AvgIpc) is 1.31. The van der Waals surface area contributed by atoms with E-state index in [1.807, 2.05) is 0 Å². The zero-order valence-electron chi connectivity index (χ0n) is 5.82. The van der Waals surface area contributed by atoms with E-state index in [0.29, 0.717) is 0 Å². The molecule has 0 aromatic carbocycles. The van der Waals surface area contributed by atoms with Gasteiger partial charge in [-0.1, -0.05) is 0 Å². The van der Waals surface area contributed by atoms with Crippen molar-refractivity contribution in [2.75, 3.05) is 0 Å². The number of carbonyl (C=O) groups excluding carboxylic acids is 1. The second-order valence-electron chi connectivity index (χ2n) is 0.287. The first-order valence-corrected chi connectivity index (χ1v) is 0.658. The van der Waals surface area contributed by atoms with Crippen LogP contribution in [-0.4, -0.2) is 5.97 Å².